The summed E-state index contributed by atoms with van der Waals surface area (Å²) in [5.74, 6) is 1.98. The third-order valence-corrected chi connectivity index (χ3v) is 5.79. The molecule has 174 valence electrons. The molecule has 5 heteroatoms. The fourth-order valence-corrected chi connectivity index (χ4v) is 3.81. The van der Waals surface area contributed by atoms with Crippen molar-refractivity contribution in [1.82, 2.24) is 19.6 Å². The van der Waals surface area contributed by atoms with Gasteiger partial charge in [0.05, 0.1) is 19.0 Å². The zero-order valence-electron chi connectivity index (χ0n) is 21.1. The average Bonchev–Trinajstić information content (AvgIpc) is 3.38. The molecule has 2 heterocycles. The maximum atomic E-state index is 5.46. The van der Waals surface area contributed by atoms with Gasteiger partial charge in [-0.1, -0.05) is 64.1 Å². The molecule has 0 aliphatic carbocycles. The molecule has 0 spiro atoms. The van der Waals surface area contributed by atoms with Crippen molar-refractivity contribution < 1.29 is 4.74 Å². The van der Waals surface area contributed by atoms with E-state index in [0.29, 0.717) is 11.8 Å². The second-order valence-corrected chi connectivity index (χ2v) is 9.10. The number of aryl methyl sites for hydroxylation is 3. The fraction of sp³-hybridized carbons (Fsp3) is 0.357. The van der Waals surface area contributed by atoms with E-state index in [9.17, 15) is 0 Å². The van der Waals surface area contributed by atoms with Gasteiger partial charge in [0.1, 0.15) is 5.75 Å². The summed E-state index contributed by atoms with van der Waals surface area (Å²) in [4.78, 5) is 0. The van der Waals surface area contributed by atoms with Crippen LogP contribution in [-0.4, -0.2) is 26.7 Å². The van der Waals surface area contributed by atoms with Gasteiger partial charge in [-0.25, -0.2) is 0 Å². The van der Waals surface area contributed by atoms with Gasteiger partial charge in [0.25, 0.3) is 0 Å². The van der Waals surface area contributed by atoms with E-state index in [1.807, 2.05) is 31.2 Å². The molecule has 33 heavy (non-hydrogen) atoms. The topological polar surface area (TPSA) is 44.9 Å². The Bertz CT molecular complexity index is 1200. The molecular weight excluding hydrogens is 408 g/mol. The van der Waals surface area contributed by atoms with E-state index in [1.54, 1.807) is 11.8 Å². The Morgan fingerprint density at radius 3 is 2.03 bits per heavy atom. The maximum absolute atomic E-state index is 5.46. The second-order valence-electron chi connectivity index (χ2n) is 9.10. The number of methoxy groups -OCH3 is 1. The summed E-state index contributed by atoms with van der Waals surface area (Å²) in [6.07, 6.45) is 5.93. The first kappa shape index (κ1) is 24.3. The summed E-state index contributed by atoms with van der Waals surface area (Å²) >= 11 is 0. The number of hydrogen-bond donors (Lipinski definition) is 0. The van der Waals surface area contributed by atoms with Crippen LogP contribution in [0, 0.1) is 6.92 Å². The van der Waals surface area contributed by atoms with E-state index in [1.165, 1.54) is 22.3 Å². The van der Waals surface area contributed by atoms with E-state index in [0.717, 1.165) is 22.6 Å². The standard InChI is InChI=1S/C14H18N2O.C14H18N2/c1-10(2)11-5-6-13(14(7-11)17-4)12-8-15-16(3)9-12;1-10(2)12-6-5-7-13(8-12)14-9-16(4)15-11(14)3/h5-10H,1-4H3;5-10H,1-4H3. The minimum atomic E-state index is 0.506. The lowest BCUT2D eigenvalue weighted by Crippen LogP contribution is -1.92. The van der Waals surface area contributed by atoms with Crippen LogP contribution in [-0.2, 0) is 14.1 Å². The zero-order valence-corrected chi connectivity index (χ0v) is 21.1. The van der Waals surface area contributed by atoms with Gasteiger partial charge >= 0.3 is 0 Å². The minimum Gasteiger partial charge on any atom is -0.496 e. The molecule has 0 saturated heterocycles. The SMILES string of the molecule is COc1cc(C(C)C)ccc1-c1cnn(C)c1.Cc1nn(C)cc1-c1cccc(C(C)C)c1. The second kappa shape index (κ2) is 10.5. The normalized spacial score (nSPS) is 11.0. The maximum Gasteiger partial charge on any atom is 0.127 e. The molecule has 0 N–H and O–H groups in total. The molecule has 4 rings (SSSR count). The largest absolute Gasteiger partial charge is 0.496 e. The molecule has 0 amide bonds. The Labute approximate surface area is 198 Å². The lowest BCUT2D eigenvalue weighted by Gasteiger charge is -2.11. The quantitative estimate of drug-likeness (QED) is 0.342. The van der Waals surface area contributed by atoms with Gasteiger partial charge in [-0.2, -0.15) is 10.2 Å². The summed E-state index contributed by atoms with van der Waals surface area (Å²) in [5, 5.41) is 8.57. The lowest BCUT2D eigenvalue weighted by molar-refractivity contribution is 0.415. The van der Waals surface area contributed by atoms with Crippen molar-refractivity contribution in [2.75, 3.05) is 7.11 Å². The van der Waals surface area contributed by atoms with Gasteiger partial charge in [-0.15, -0.1) is 0 Å². The molecule has 0 aliphatic rings. The fourth-order valence-electron chi connectivity index (χ4n) is 3.81. The molecule has 0 saturated carbocycles. The van der Waals surface area contributed by atoms with Crippen LogP contribution >= 0.6 is 0 Å². The van der Waals surface area contributed by atoms with Crippen LogP contribution in [0.5, 0.6) is 5.75 Å². The number of ether oxygens (including phenoxy) is 1. The van der Waals surface area contributed by atoms with E-state index in [-0.39, 0.29) is 0 Å². The molecule has 0 aliphatic heterocycles. The molecule has 0 fully saturated rings. The van der Waals surface area contributed by atoms with E-state index in [2.05, 4.69) is 93.5 Å². The Balaban J connectivity index is 0.000000186. The summed E-state index contributed by atoms with van der Waals surface area (Å²) in [5.41, 5.74) is 8.41. The minimum absolute atomic E-state index is 0.506. The Hall–Kier alpha value is -3.34. The van der Waals surface area contributed by atoms with Crippen LogP contribution in [0.15, 0.2) is 61.1 Å². The summed E-state index contributed by atoms with van der Waals surface area (Å²) in [7, 11) is 5.58. The van der Waals surface area contributed by atoms with Crippen LogP contribution in [0.25, 0.3) is 22.3 Å². The third-order valence-electron chi connectivity index (χ3n) is 5.79. The highest BCUT2D eigenvalue weighted by Crippen LogP contribution is 2.32. The monoisotopic (exact) mass is 444 g/mol. The summed E-state index contributed by atoms with van der Waals surface area (Å²) in [6.45, 7) is 10.8. The lowest BCUT2D eigenvalue weighted by atomic mass is 9.98. The first-order valence-corrected chi connectivity index (χ1v) is 11.5. The molecule has 0 atom stereocenters. The van der Waals surface area contributed by atoms with Gasteiger partial charge < -0.3 is 4.74 Å². The van der Waals surface area contributed by atoms with Crippen LogP contribution in [0.1, 0.15) is 56.4 Å². The smallest absolute Gasteiger partial charge is 0.127 e. The molecular formula is C28H36N4O. The van der Waals surface area contributed by atoms with Gasteiger partial charge in [-0.05, 0) is 41.5 Å². The Kier molecular flexibility index (Phi) is 7.75. The van der Waals surface area contributed by atoms with Crippen LogP contribution in [0.3, 0.4) is 0 Å². The molecule has 2 aromatic carbocycles. The van der Waals surface area contributed by atoms with Gasteiger partial charge in [0, 0.05) is 43.2 Å². The van der Waals surface area contributed by atoms with Gasteiger partial charge in [0.15, 0.2) is 0 Å². The van der Waals surface area contributed by atoms with Gasteiger partial charge in [-0.3, -0.25) is 9.36 Å². The highest BCUT2D eigenvalue weighted by atomic mass is 16.5. The van der Waals surface area contributed by atoms with Crippen molar-refractivity contribution >= 4 is 0 Å². The van der Waals surface area contributed by atoms with Crippen molar-refractivity contribution in [3.63, 3.8) is 0 Å². The molecule has 2 aromatic heterocycles. The first-order chi connectivity index (χ1) is 15.7. The Morgan fingerprint density at radius 1 is 0.788 bits per heavy atom. The van der Waals surface area contributed by atoms with Crippen LogP contribution < -0.4 is 4.74 Å². The molecule has 5 nitrogen and oxygen atoms in total. The Morgan fingerprint density at radius 2 is 1.48 bits per heavy atom. The number of rotatable bonds is 5. The first-order valence-electron chi connectivity index (χ1n) is 11.5. The number of aromatic nitrogens is 4. The van der Waals surface area contributed by atoms with Crippen LogP contribution in [0.2, 0.25) is 0 Å². The van der Waals surface area contributed by atoms with E-state index in [4.69, 9.17) is 4.74 Å². The third kappa shape index (κ3) is 5.92. The molecule has 0 bridgehead atoms. The molecule has 0 radical (unpaired) electrons. The van der Waals surface area contributed by atoms with E-state index < -0.39 is 0 Å². The number of hydrogen-bond acceptors (Lipinski definition) is 3. The number of nitrogens with zero attached hydrogens (tertiary/aromatic N) is 4. The molecule has 4 aromatic rings. The van der Waals surface area contributed by atoms with Crippen molar-refractivity contribution in [2.24, 2.45) is 14.1 Å². The average molecular weight is 445 g/mol. The highest BCUT2D eigenvalue weighted by molar-refractivity contribution is 5.70. The van der Waals surface area contributed by atoms with Crippen LogP contribution in [0.4, 0.5) is 0 Å². The van der Waals surface area contributed by atoms with E-state index >= 15 is 0 Å². The zero-order chi connectivity index (χ0) is 24.1. The highest BCUT2D eigenvalue weighted by Gasteiger charge is 2.10. The van der Waals surface area contributed by atoms with Crippen molar-refractivity contribution in [3.05, 3.63) is 77.9 Å². The summed E-state index contributed by atoms with van der Waals surface area (Å²) < 4.78 is 9.13. The van der Waals surface area contributed by atoms with Crippen molar-refractivity contribution in [3.8, 4) is 28.0 Å². The van der Waals surface area contributed by atoms with Gasteiger partial charge in [0.2, 0.25) is 0 Å². The molecule has 0 unspecified atom stereocenters. The summed E-state index contributed by atoms with van der Waals surface area (Å²) in [6, 6.07) is 15.1. The predicted octanol–water partition coefficient (Wildman–Crippen LogP) is 6.74. The van der Waals surface area contributed by atoms with Crippen molar-refractivity contribution in [1.29, 1.82) is 0 Å². The number of benzene rings is 2. The predicted molar refractivity (Wildman–Crippen MR) is 137 cm³/mol. The van der Waals surface area contributed by atoms with Crippen molar-refractivity contribution in [2.45, 2.75) is 46.5 Å².